The van der Waals surface area contributed by atoms with Gasteiger partial charge in [0.05, 0.1) is 18.0 Å². The Kier molecular flexibility index (Phi) is 6.36. The molecule has 0 radical (unpaired) electrons. The van der Waals surface area contributed by atoms with Gasteiger partial charge in [0.15, 0.2) is 5.75 Å². The fraction of sp³-hybridized carbons (Fsp3) is 0. The maximum atomic E-state index is 13.2. The van der Waals surface area contributed by atoms with Gasteiger partial charge in [-0.1, -0.05) is 42.5 Å². The van der Waals surface area contributed by atoms with Gasteiger partial charge in [0.1, 0.15) is 23.0 Å². The topological polar surface area (TPSA) is 131 Å². The van der Waals surface area contributed by atoms with Crippen molar-refractivity contribution < 1.29 is 13.2 Å². The van der Waals surface area contributed by atoms with Crippen LogP contribution >= 0.6 is 11.5 Å². The summed E-state index contributed by atoms with van der Waals surface area (Å²) in [6, 6.07) is 23.4. The quantitative estimate of drug-likeness (QED) is 0.318. The van der Waals surface area contributed by atoms with Gasteiger partial charge in [-0.2, -0.15) is 19.8 Å². The molecule has 0 spiro atoms. The van der Waals surface area contributed by atoms with Gasteiger partial charge in [0.25, 0.3) is 10.0 Å². The SMILES string of the molecule is N#Cc1cccc(S(=O)(=O)Nc2ncns2)c1Oc1ccc(-c2ccccc2)cc1-c1ccnnc1. The van der Waals surface area contributed by atoms with E-state index in [9.17, 15) is 13.7 Å². The first kappa shape index (κ1) is 23.1. The van der Waals surface area contributed by atoms with Gasteiger partial charge in [-0.15, -0.1) is 0 Å². The molecule has 0 atom stereocenters. The van der Waals surface area contributed by atoms with Crippen LogP contribution in [0.1, 0.15) is 5.56 Å². The highest BCUT2D eigenvalue weighted by molar-refractivity contribution is 7.93. The zero-order valence-corrected chi connectivity index (χ0v) is 20.1. The molecule has 2 heterocycles. The summed E-state index contributed by atoms with van der Waals surface area (Å²) in [5.74, 6) is 0.241. The minimum atomic E-state index is -4.14. The van der Waals surface area contributed by atoms with Crippen molar-refractivity contribution >= 4 is 26.7 Å². The van der Waals surface area contributed by atoms with E-state index in [-0.39, 0.29) is 21.3 Å². The summed E-state index contributed by atoms with van der Waals surface area (Å²) in [5.41, 5.74) is 3.34. The predicted molar refractivity (Wildman–Crippen MR) is 135 cm³/mol. The summed E-state index contributed by atoms with van der Waals surface area (Å²) in [7, 11) is -4.14. The molecule has 0 aliphatic carbocycles. The maximum absolute atomic E-state index is 13.2. The van der Waals surface area contributed by atoms with Crippen LogP contribution in [0.2, 0.25) is 0 Å². The minimum Gasteiger partial charge on any atom is -0.454 e. The highest BCUT2D eigenvalue weighted by Crippen LogP contribution is 2.40. The van der Waals surface area contributed by atoms with Crippen LogP contribution in [0.4, 0.5) is 5.13 Å². The second-order valence-electron chi connectivity index (χ2n) is 7.41. The number of ether oxygens (including phenoxy) is 1. The Balaban J connectivity index is 1.63. The standard InChI is InChI=1S/C25H16N6O3S2/c26-14-19-7-4-8-23(36(32,33)31-25-27-16-30-35-25)24(19)34-22-10-9-18(17-5-2-1-3-6-17)13-21(22)20-11-12-28-29-15-20/h1-13,15-16H,(H,27,30,31). The molecular weight excluding hydrogens is 496 g/mol. The number of hydrogen-bond donors (Lipinski definition) is 1. The molecule has 0 saturated carbocycles. The van der Waals surface area contributed by atoms with Gasteiger partial charge >= 0.3 is 0 Å². The van der Waals surface area contributed by atoms with E-state index in [4.69, 9.17) is 4.74 Å². The smallest absolute Gasteiger partial charge is 0.267 e. The lowest BCUT2D eigenvalue weighted by molar-refractivity contribution is 0.468. The van der Waals surface area contributed by atoms with Crippen LogP contribution in [0.15, 0.2) is 96.4 Å². The van der Waals surface area contributed by atoms with Gasteiger partial charge in [0, 0.05) is 22.7 Å². The van der Waals surface area contributed by atoms with Crippen LogP contribution in [0.3, 0.4) is 0 Å². The lowest BCUT2D eigenvalue weighted by Crippen LogP contribution is -2.14. The molecule has 0 amide bonds. The summed E-state index contributed by atoms with van der Waals surface area (Å²) in [4.78, 5) is 3.67. The number of nitrogens with zero attached hydrogens (tertiary/aromatic N) is 5. The zero-order valence-electron chi connectivity index (χ0n) is 18.4. The van der Waals surface area contributed by atoms with Gasteiger partial charge in [-0.3, -0.25) is 4.72 Å². The monoisotopic (exact) mass is 512 g/mol. The zero-order chi connectivity index (χ0) is 25.0. The van der Waals surface area contributed by atoms with E-state index in [1.54, 1.807) is 24.5 Å². The lowest BCUT2D eigenvalue weighted by atomic mass is 9.99. The molecule has 0 unspecified atom stereocenters. The number of sulfonamides is 1. The van der Waals surface area contributed by atoms with Crippen LogP contribution in [0.5, 0.6) is 11.5 Å². The van der Waals surface area contributed by atoms with E-state index in [2.05, 4.69) is 24.3 Å². The Hall–Kier alpha value is -4.66. The number of para-hydroxylation sites is 1. The Morgan fingerprint density at radius 1 is 0.917 bits per heavy atom. The average molecular weight is 513 g/mol. The van der Waals surface area contributed by atoms with Gasteiger partial charge in [-0.05, 0) is 41.5 Å². The van der Waals surface area contributed by atoms with Crippen molar-refractivity contribution in [2.75, 3.05) is 4.72 Å². The number of aromatic nitrogens is 4. The molecule has 0 aliphatic heterocycles. The summed E-state index contributed by atoms with van der Waals surface area (Å²) in [5, 5.41) is 17.6. The normalized spacial score (nSPS) is 11.0. The third-order valence-electron chi connectivity index (χ3n) is 5.17. The van der Waals surface area contributed by atoms with E-state index in [0.717, 1.165) is 22.7 Å². The average Bonchev–Trinajstić information content (AvgIpc) is 3.42. The molecule has 5 aromatic rings. The van der Waals surface area contributed by atoms with Crippen molar-refractivity contribution in [3.8, 4) is 39.8 Å². The third-order valence-corrected chi connectivity index (χ3v) is 7.24. The van der Waals surface area contributed by atoms with Crippen molar-refractivity contribution in [3.63, 3.8) is 0 Å². The molecule has 3 aromatic carbocycles. The van der Waals surface area contributed by atoms with E-state index in [1.807, 2.05) is 48.5 Å². The van der Waals surface area contributed by atoms with Crippen molar-refractivity contribution in [2.24, 2.45) is 0 Å². The summed E-state index contributed by atoms with van der Waals surface area (Å²) < 4.78 is 38.8. The number of nitrogens with one attached hydrogen (secondary N) is 1. The van der Waals surface area contributed by atoms with Crippen molar-refractivity contribution in [1.29, 1.82) is 5.26 Å². The number of hydrogen-bond acceptors (Lipinski definition) is 9. The van der Waals surface area contributed by atoms with E-state index < -0.39 is 10.0 Å². The Morgan fingerprint density at radius 3 is 2.50 bits per heavy atom. The highest BCUT2D eigenvalue weighted by Gasteiger charge is 2.25. The van der Waals surface area contributed by atoms with Crippen LogP contribution in [-0.2, 0) is 10.0 Å². The van der Waals surface area contributed by atoms with Gasteiger partial charge in [-0.25, -0.2) is 13.4 Å². The first-order valence-electron chi connectivity index (χ1n) is 10.5. The Labute approximate surface area is 210 Å². The van der Waals surface area contributed by atoms with E-state index >= 15 is 0 Å². The molecule has 0 aliphatic rings. The second-order valence-corrected chi connectivity index (χ2v) is 9.84. The second kappa shape index (κ2) is 9.91. The number of rotatable bonds is 7. The Morgan fingerprint density at radius 2 is 1.78 bits per heavy atom. The molecule has 1 N–H and O–H groups in total. The number of anilines is 1. The van der Waals surface area contributed by atoms with Gasteiger partial charge in [0.2, 0.25) is 5.13 Å². The number of benzene rings is 3. The molecule has 0 saturated heterocycles. The van der Waals surface area contributed by atoms with Crippen LogP contribution in [0.25, 0.3) is 22.3 Å². The molecule has 5 rings (SSSR count). The predicted octanol–water partition coefficient (Wildman–Crippen LogP) is 5.13. The first-order valence-corrected chi connectivity index (χ1v) is 12.8. The molecule has 176 valence electrons. The molecule has 0 fully saturated rings. The Bertz CT molecular complexity index is 1650. The van der Waals surface area contributed by atoms with Crippen molar-refractivity contribution in [3.05, 3.63) is 97.1 Å². The summed E-state index contributed by atoms with van der Waals surface area (Å²) in [6.07, 6.45) is 4.39. The highest BCUT2D eigenvalue weighted by atomic mass is 32.2. The van der Waals surface area contributed by atoms with Crippen molar-refractivity contribution in [2.45, 2.75) is 4.90 Å². The van der Waals surface area contributed by atoms with Crippen LogP contribution < -0.4 is 9.46 Å². The van der Waals surface area contributed by atoms with E-state index in [1.165, 1.54) is 24.5 Å². The summed E-state index contributed by atoms with van der Waals surface area (Å²) in [6.45, 7) is 0. The van der Waals surface area contributed by atoms with Gasteiger partial charge < -0.3 is 4.74 Å². The molecule has 2 aromatic heterocycles. The molecular formula is C25H16N6O3S2. The van der Waals surface area contributed by atoms with Crippen LogP contribution in [0, 0.1) is 11.3 Å². The molecule has 0 bridgehead atoms. The first-order chi connectivity index (χ1) is 17.5. The minimum absolute atomic E-state index is 0.0566. The fourth-order valence-electron chi connectivity index (χ4n) is 3.52. The largest absolute Gasteiger partial charge is 0.454 e. The molecule has 9 nitrogen and oxygen atoms in total. The third kappa shape index (κ3) is 4.76. The fourth-order valence-corrected chi connectivity index (χ4v) is 5.34. The summed E-state index contributed by atoms with van der Waals surface area (Å²) >= 11 is 0.893. The van der Waals surface area contributed by atoms with Crippen LogP contribution in [-0.4, -0.2) is 28.0 Å². The van der Waals surface area contributed by atoms with E-state index in [0.29, 0.717) is 16.9 Å². The number of nitriles is 1. The lowest BCUT2D eigenvalue weighted by Gasteiger charge is -2.17. The maximum Gasteiger partial charge on any atom is 0.267 e. The molecule has 11 heteroatoms. The molecule has 36 heavy (non-hydrogen) atoms. The van der Waals surface area contributed by atoms with Crippen molar-refractivity contribution in [1.82, 2.24) is 19.6 Å².